The van der Waals surface area contributed by atoms with E-state index in [1.54, 1.807) is 31.4 Å². The number of aliphatic hydroxyl groups excluding tert-OH is 1. The van der Waals surface area contributed by atoms with Crippen molar-refractivity contribution in [2.75, 3.05) is 33.4 Å². The van der Waals surface area contributed by atoms with Gasteiger partial charge < -0.3 is 19.3 Å². The number of hydrogen-bond acceptors (Lipinski definition) is 6. The van der Waals surface area contributed by atoms with E-state index in [0.29, 0.717) is 6.61 Å². The molecule has 8 heteroatoms. The number of rotatable bonds is 15. The highest BCUT2D eigenvalue weighted by Crippen LogP contribution is 2.43. The molecule has 1 N–H and O–H groups in total. The summed E-state index contributed by atoms with van der Waals surface area (Å²) in [5.74, 6) is -0.0605. The van der Waals surface area contributed by atoms with E-state index >= 15 is 0 Å². The third kappa shape index (κ3) is 8.33. The summed E-state index contributed by atoms with van der Waals surface area (Å²) >= 11 is 0. The maximum atomic E-state index is 14.1. The Bertz CT molecular complexity index is 1840. The van der Waals surface area contributed by atoms with Crippen molar-refractivity contribution in [3.63, 3.8) is 0 Å². The van der Waals surface area contributed by atoms with Crippen LogP contribution in [0.25, 0.3) is 0 Å². The molecule has 0 radical (unpaired) electrons. The Balaban J connectivity index is 1.36. The van der Waals surface area contributed by atoms with Gasteiger partial charge >= 0.3 is 0 Å². The summed E-state index contributed by atoms with van der Waals surface area (Å²) in [5.41, 5.74) is 3.72. The second kappa shape index (κ2) is 17.0. The van der Waals surface area contributed by atoms with Crippen LogP contribution >= 0.6 is 0 Å². The molecule has 1 saturated heterocycles. The molecule has 1 heterocycles. The number of aliphatic hydroxyl groups is 1. The fourth-order valence-corrected chi connectivity index (χ4v) is 8.77. The lowest BCUT2D eigenvalue weighted by Gasteiger charge is -2.43. The van der Waals surface area contributed by atoms with E-state index in [0.717, 1.165) is 46.4 Å². The number of aryl methyl sites for hydroxylation is 1. The zero-order valence-corrected chi connectivity index (χ0v) is 31.0. The number of hydrogen-bond donors (Lipinski definition) is 1. The summed E-state index contributed by atoms with van der Waals surface area (Å²) in [6, 6.07) is 45.1. The van der Waals surface area contributed by atoms with Crippen molar-refractivity contribution in [3.05, 3.63) is 167 Å². The first kappa shape index (κ1) is 37.4. The van der Waals surface area contributed by atoms with Crippen LogP contribution in [0.4, 0.5) is 0 Å². The maximum Gasteiger partial charge on any atom is 0.243 e. The zero-order valence-electron chi connectivity index (χ0n) is 30.2. The number of piperidine rings is 1. The van der Waals surface area contributed by atoms with Crippen molar-refractivity contribution < 1.29 is 27.7 Å². The highest BCUT2D eigenvalue weighted by atomic mass is 32.2. The van der Waals surface area contributed by atoms with Crippen LogP contribution in [0.15, 0.2) is 144 Å². The van der Waals surface area contributed by atoms with Gasteiger partial charge in [0.25, 0.3) is 0 Å². The van der Waals surface area contributed by atoms with Crippen molar-refractivity contribution >= 4 is 10.0 Å². The molecule has 1 fully saturated rings. The van der Waals surface area contributed by atoms with E-state index in [9.17, 15) is 13.5 Å². The first-order valence-corrected chi connectivity index (χ1v) is 19.5. The predicted octanol–water partition coefficient (Wildman–Crippen LogP) is 7.96. The molecular formula is C44H49NO6S. The molecule has 0 saturated carbocycles. The maximum absolute atomic E-state index is 14.1. The Morgan fingerprint density at radius 2 is 1.31 bits per heavy atom. The molecule has 5 aromatic rings. The van der Waals surface area contributed by atoms with Crippen molar-refractivity contribution in [1.82, 2.24) is 4.31 Å². The second-order valence-corrected chi connectivity index (χ2v) is 15.6. The third-order valence-corrected chi connectivity index (χ3v) is 12.0. The van der Waals surface area contributed by atoms with E-state index in [1.165, 1.54) is 4.31 Å². The minimum absolute atomic E-state index is 0.0332. The Labute approximate surface area is 308 Å². The van der Waals surface area contributed by atoms with Crippen LogP contribution in [0.5, 0.6) is 5.75 Å². The Hall–Kier alpha value is -4.31. The van der Waals surface area contributed by atoms with Gasteiger partial charge in [0.15, 0.2) is 0 Å². The highest BCUT2D eigenvalue weighted by Gasteiger charge is 2.44. The largest absolute Gasteiger partial charge is 0.494 e. The van der Waals surface area contributed by atoms with Gasteiger partial charge in [-0.2, -0.15) is 4.31 Å². The van der Waals surface area contributed by atoms with Crippen LogP contribution in [0, 0.1) is 12.8 Å². The molecule has 1 aliphatic rings. The highest BCUT2D eigenvalue weighted by molar-refractivity contribution is 7.89. The van der Waals surface area contributed by atoms with Crippen LogP contribution in [0.1, 0.15) is 53.5 Å². The lowest BCUT2D eigenvalue weighted by atomic mass is 9.78. The van der Waals surface area contributed by atoms with Crippen molar-refractivity contribution in [2.24, 2.45) is 5.92 Å². The van der Waals surface area contributed by atoms with Crippen molar-refractivity contribution in [2.45, 2.75) is 55.3 Å². The molecule has 0 amide bonds. The smallest absolute Gasteiger partial charge is 0.243 e. The van der Waals surface area contributed by atoms with Gasteiger partial charge in [0.05, 0.1) is 30.3 Å². The quantitative estimate of drug-likeness (QED) is 0.0874. The molecule has 52 heavy (non-hydrogen) atoms. The zero-order chi connectivity index (χ0) is 36.6. The minimum atomic E-state index is -3.90. The summed E-state index contributed by atoms with van der Waals surface area (Å²) in [6.07, 6.45) is 0.971. The molecule has 5 aromatic carbocycles. The van der Waals surface area contributed by atoms with Crippen molar-refractivity contribution in [3.8, 4) is 5.75 Å². The molecule has 1 aliphatic heterocycles. The lowest BCUT2D eigenvalue weighted by Crippen LogP contribution is -2.52. The molecular weight excluding hydrogens is 671 g/mol. The van der Waals surface area contributed by atoms with Gasteiger partial charge in [0.1, 0.15) is 11.4 Å². The van der Waals surface area contributed by atoms with E-state index in [1.807, 2.05) is 92.7 Å². The monoisotopic (exact) mass is 719 g/mol. The average Bonchev–Trinajstić information content (AvgIpc) is 3.18. The Morgan fingerprint density at radius 3 is 1.83 bits per heavy atom. The molecule has 6 rings (SSSR count). The Morgan fingerprint density at radius 1 is 0.769 bits per heavy atom. The van der Waals surface area contributed by atoms with Gasteiger partial charge in [-0.15, -0.1) is 0 Å². The Kier molecular flexibility index (Phi) is 12.3. The number of nitrogens with zero attached hydrogens (tertiary/aromatic N) is 1. The molecule has 272 valence electrons. The van der Waals surface area contributed by atoms with Gasteiger partial charge in [-0.1, -0.05) is 121 Å². The predicted molar refractivity (Wildman–Crippen MR) is 205 cm³/mol. The van der Waals surface area contributed by atoms with Gasteiger partial charge in [0, 0.05) is 32.0 Å². The van der Waals surface area contributed by atoms with Gasteiger partial charge in [-0.05, 0) is 73.2 Å². The number of sulfonamides is 1. The van der Waals surface area contributed by atoms with E-state index < -0.39 is 33.6 Å². The van der Waals surface area contributed by atoms with Gasteiger partial charge in [-0.25, -0.2) is 8.42 Å². The average molecular weight is 720 g/mol. The summed E-state index contributed by atoms with van der Waals surface area (Å²) < 4.78 is 48.2. The summed E-state index contributed by atoms with van der Waals surface area (Å²) in [6.45, 7) is 4.84. The van der Waals surface area contributed by atoms with E-state index in [4.69, 9.17) is 14.2 Å². The van der Waals surface area contributed by atoms with Crippen molar-refractivity contribution in [1.29, 1.82) is 0 Å². The van der Waals surface area contributed by atoms with Gasteiger partial charge in [-0.3, -0.25) is 0 Å². The fraction of sp³-hybridized carbons (Fsp3) is 0.318. The lowest BCUT2D eigenvalue weighted by molar-refractivity contribution is -0.0431. The number of benzene rings is 5. The summed E-state index contributed by atoms with van der Waals surface area (Å²) in [4.78, 5) is 0.206. The van der Waals surface area contributed by atoms with Crippen LogP contribution in [-0.2, 0) is 25.1 Å². The molecule has 0 bridgehead atoms. The summed E-state index contributed by atoms with van der Waals surface area (Å²) in [7, 11) is -2.19. The third-order valence-electron chi connectivity index (χ3n) is 10.2. The topological polar surface area (TPSA) is 85.3 Å². The fourth-order valence-electron chi connectivity index (χ4n) is 7.26. The van der Waals surface area contributed by atoms with E-state index in [-0.39, 0.29) is 30.7 Å². The normalized spacial score (nSPS) is 18.9. The van der Waals surface area contributed by atoms with Crippen LogP contribution in [0.3, 0.4) is 0 Å². The minimum Gasteiger partial charge on any atom is -0.494 e. The second-order valence-electron chi connectivity index (χ2n) is 13.7. The van der Waals surface area contributed by atoms with Gasteiger partial charge in [0.2, 0.25) is 10.0 Å². The number of methoxy groups -OCH3 is 1. The molecule has 0 aliphatic carbocycles. The standard InChI is InChI=1S/C44H49NO6S/c1-33-21-27-41(28-22-33)52(47,48)45-30-36(43(42(46)31-45)35-23-25-40(26-24-35)50-29-13-14-34(2)49-3)32-51-44(37-15-7-4-8-16-37,38-17-9-5-10-18-38)39-19-11-6-12-20-39/h4-12,15-28,34,36,42-43,46H,13-14,29-32H2,1-3H3/t34-,36+,42+,43+/m1/s1. The van der Waals surface area contributed by atoms with E-state index in [2.05, 4.69) is 36.4 Å². The molecule has 7 nitrogen and oxygen atoms in total. The first-order valence-electron chi connectivity index (χ1n) is 18.0. The SMILES string of the molecule is CO[C@H](C)CCCOc1ccc([C@H]2[C@H](COC(c3ccccc3)(c3ccccc3)c3ccccc3)CN(S(=O)(=O)c3ccc(C)cc3)C[C@@H]2O)cc1. The first-order chi connectivity index (χ1) is 25.2. The molecule has 0 unspecified atom stereocenters. The summed E-state index contributed by atoms with van der Waals surface area (Å²) in [5, 5.41) is 11.9. The van der Waals surface area contributed by atoms with Crippen LogP contribution in [-0.4, -0.2) is 63.5 Å². The molecule has 0 spiro atoms. The van der Waals surface area contributed by atoms with Crippen LogP contribution < -0.4 is 4.74 Å². The van der Waals surface area contributed by atoms with Crippen LogP contribution in [0.2, 0.25) is 0 Å². The molecule has 4 atom stereocenters. The number of ether oxygens (including phenoxy) is 3. The molecule has 0 aromatic heterocycles. The number of β-amino-alcohol motifs (C(OH)–C–C–N with tert-alkyl or cyclic N) is 1.